The zero-order valence-electron chi connectivity index (χ0n) is 6.71. The first-order valence-corrected chi connectivity index (χ1v) is 5.28. The fourth-order valence-corrected chi connectivity index (χ4v) is 2.24. The zero-order chi connectivity index (χ0) is 9.14. The number of ketones is 1. The molecule has 0 spiro atoms. The van der Waals surface area contributed by atoms with Crippen molar-refractivity contribution in [2.75, 3.05) is 0 Å². The molecular weight excluding hydrogens is 238 g/mol. The minimum absolute atomic E-state index is 0.0874. The molecule has 1 rings (SSSR count). The fraction of sp³-hybridized carbons (Fsp3) is 0.375. The molecule has 1 unspecified atom stereocenters. The van der Waals surface area contributed by atoms with Gasteiger partial charge < -0.3 is 5.73 Å². The van der Waals surface area contributed by atoms with Gasteiger partial charge in [-0.15, -0.1) is 11.3 Å². The smallest absolute Gasteiger partial charge is 0.154 e. The van der Waals surface area contributed by atoms with Crippen LogP contribution >= 0.6 is 27.3 Å². The topological polar surface area (TPSA) is 43.1 Å². The molecule has 0 aromatic carbocycles. The SMILES string of the molecule is CC(N)C(=O)Cc1cc(Br)cs1. The van der Waals surface area contributed by atoms with Gasteiger partial charge in [-0.1, -0.05) is 0 Å². The Kier molecular flexibility index (Phi) is 3.43. The van der Waals surface area contributed by atoms with Gasteiger partial charge in [-0.3, -0.25) is 4.79 Å². The molecular formula is C8H10BrNOS. The Bertz CT molecular complexity index is 282. The van der Waals surface area contributed by atoms with Crippen molar-refractivity contribution in [3.05, 3.63) is 20.8 Å². The van der Waals surface area contributed by atoms with E-state index in [4.69, 9.17) is 5.73 Å². The maximum Gasteiger partial charge on any atom is 0.154 e. The summed E-state index contributed by atoms with van der Waals surface area (Å²) in [5.41, 5.74) is 5.43. The second-order valence-corrected chi connectivity index (χ2v) is 4.57. The number of nitrogens with two attached hydrogens (primary N) is 1. The molecule has 1 atom stereocenters. The van der Waals surface area contributed by atoms with E-state index in [1.54, 1.807) is 18.3 Å². The number of thiophene rings is 1. The van der Waals surface area contributed by atoms with Gasteiger partial charge in [0.2, 0.25) is 0 Å². The molecule has 0 aliphatic heterocycles. The summed E-state index contributed by atoms with van der Waals surface area (Å²) >= 11 is 4.90. The summed E-state index contributed by atoms with van der Waals surface area (Å²) < 4.78 is 1.03. The van der Waals surface area contributed by atoms with E-state index in [1.807, 2.05) is 11.4 Å². The van der Waals surface area contributed by atoms with Crippen LogP contribution in [0, 0.1) is 0 Å². The van der Waals surface area contributed by atoms with Crippen LogP contribution in [0.15, 0.2) is 15.9 Å². The number of carbonyl (C=O) groups is 1. The molecule has 0 saturated heterocycles. The second kappa shape index (κ2) is 4.16. The molecule has 0 bridgehead atoms. The van der Waals surface area contributed by atoms with Gasteiger partial charge in [0.05, 0.1) is 6.04 Å². The summed E-state index contributed by atoms with van der Waals surface area (Å²) in [5.74, 6) is 0.0874. The van der Waals surface area contributed by atoms with Crippen LogP contribution in [0.25, 0.3) is 0 Å². The Labute approximate surface area is 83.9 Å². The Morgan fingerprint density at radius 1 is 1.83 bits per heavy atom. The van der Waals surface area contributed by atoms with Crippen LogP contribution in [-0.4, -0.2) is 11.8 Å². The molecule has 0 radical (unpaired) electrons. The molecule has 66 valence electrons. The molecule has 1 heterocycles. The molecule has 0 aliphatic carbocycles. The van der Waals surface area contributed by atoms with Crippen molar-refractivity contribution in [1.82, 2.24) is 0 Å². The van der Waals surface area contributed by atoms with Crippen molar-refractivity contribution >= 4 is 33.0 Å². The van der Waals surface area contributed by atoms with Gasteiger partial charge in [0.25, 0.3) is 0 Å². The number of halogens is 1. The summed E-state index contributed by atoms with van der Waals surface area (Å²) in [5, 5.41) is 1.96. The Morgan fingerprint density at radius 2 is 2.50 bits per heavy atom. The van der Waals surface area contributed by atoms with E-state index in [-0.39, 0.29) is 11.8 Å². The average Bonchev–Trinajstić information content (AvgIpc) is 2.35. The minimum atomic E-state index is -0.356. The van der Waals surface area contributed by atoms with Crippen molar-refractivity contribution in [1.29, 1.82) is 0 Å². The predicted molar refractivity (Wildman–Crippen MR) is 54.4 cm³/mol. The van der Waals surface area contributed by atoms with Gasteiger partial charge in [-0.25, -0.2) is 0 Å². The van der Waals surface area contributed by atoms with E-state index < -0.39 is 0 Å². The van der Waals surface area contributed by atoms with Crippen molar-refractivity contribution in [2.24, 2.45) is 5.73 Å². The van der Waals surface area contributed by atoms with Gasteiger partial charge in [-0.05, 0) is 28.9 Å². The Morgan fingerprint density at radius 3 is 2.92 bits per heavy atom. The highest BCUT2D eigenvalue weighted by molar-refractivity contribution is 9.10. The van der Waals surface area contributed by atoms with E-state index in [0.717, 1.165) is 9.35 Å². The van der Waals surface area contributed by atoms with Crippen LogP contribution in [0.5, 0.6) is 0 Å². The lowest BCUT2D eigenvalue weighted by atomic mass is 10.1. The first-order chi connectivity index (χ1) is 5.59. The third-order valence-corrected chi connectivity index (χ3v) is 3.18. The Hall–Kier alpha value is -0.190. The highest BCUT2D eigenvalue weighted by Crippen LogP contribution is 2.20. The maximum absolute atomic E-state index is 11.2. The third-order valence-electron chi connectivity index (χ3n) is 1.48. The molecule has 0 amide bonds. The van der Waals surface area contributed by atoms with Gasteiger partial charge in [0, 0.05) is 21.2 Å². The van der Waals surface area contributed by atoms with Crippen LogP contribution in [0.4, 0.5) is 0 Å². The van der Waals surface area contributed by atoms with Crippen molar-refractivity contribution in [3.8, 4) is 0 Å². The summed E-state index contributed by atoms with van der Waals surface area (Å²) in [6.45, 7) is 1.71. The quantitative estimate of drug-likeness (QED) is 0.888. The standard InChI is InChI=1S/C8H10BrNOS/c1-5(10)8(11)3-7-2-6(9)4-12-7/h2,4-5H,3,10H2,1H3. The molecule has 0 saturated carbocycles. The monoisotopic (exact) mass is 247 g/mol. The first kappa shape index (κ1) is 9.89. The summed E-state index contributed by atoms with van der Waals surface area (Å²) in [6.07, 6.45) is 0.452. The second-order valence-electron chi connectivity index (χ2n) is 2.66. The largest absolute Gasteiger partial charge is 0.322 e. The molecule has 12 heavy (non-hydrogen) atoms. The highest BCUT2D eigenvalue weighted by Gasteiger charge is 2.09. The first-order valence-electron chi connectivity index (χ1n) is 3.61. The van der Waals surface area contributed by atoms with Gasteiger partial charge in [0.15, 0.2) is 5.78 Å². The molecule has 0 aliphatic rings. The van der Waals surface area contributed by atoms with Gasteiger partial charge in [-0.2, -0.15) is 0 Å². The molecule has 1 aromatic rings. The average molecular weight is 248 g/mol. The molecule has 2 N–H and O–H groups in total. The van der Waals surface area contributed by atoms with Gasteiger partial charge in [0.1, 0.15) is 0 Å². The van der Waals surface area contributed by atoms with Crippen LogP contribution in [0.3, 0.4) is 0 Å². The van der Waals surface area contributed by atoms with E-state index in [0.29, 0.717) is 6.42 Å². The summed E-state index contributed by atoms with van der Waals surface area (Å²) in [7, 11) is 0. The van der Waals surface area contributed by atoms with E-state index in [2.05, 4.69) is 15.9 Å². The normalized spacial score (nSPS) is 12.9. The highest BCUT2D eigenvalue weighted by atomic mass is 79.9. The van der Waals surface area contributed by atoms with Crippen LogP contribution in [0.1, 0.15) is 11.8 Å². The molecule has 0 fully saturated rings. The molecule has 2 nitrogen and oxygen atoms in total. The van der Waals surface area contributed by atoms with Gasteiger partial charge >= 0.3 is 0 Å². The summed E-state index contributed by atoms with van der Waals surface area (Å²) in [4.78, 5) is 12.2. The number of Topliss-reactive ketones (excluding diaryl/α,β-unsaturated/α-hetero) is 1. The Balaban J connectivity index is 2.58. The van der Waals surface area contributed by atoms with Crippen molar-refractivity contribution < 1.29 is 4.79 Å². The predicted octanol–water partition coefficient (Wildman–Crippen LogP) is 1.97. The number of rotatable bonds is 3. The number of carbonyl (C=O) groups excluding carboxylic acids is 1. The fourth-order valence-electron chi connectivity index (χ4n) is 0.779. The summed E-state index contributed by atoms with van der Waals surface area (Å²) in [6, 6.07) is 1.59. The van der Waals surface area contributed by atoms with E-state index in [1.165, 1.54) is 0 Å². The number of hydrogen-bond donors (Lipinski definition) is 1. The third kappa shape index (κ3) is 2.69. The van der Waals surface area contributed by atoms with Crippen molar-refractivity contribution in [2.45, 2.75) is 19.4 Å². The molecule has 1 aromatic heterocycles. The van der Waals surface area contributed by atoms with Crippen molar-refractivity contribution in [3.63, 3.8) is 0 Å². The van der Waals surface area contributed by atoms with E-state index >= 15 is 0 Å². The van der Waals surface area contributed by atoms with Crippen LogP contribution in [-0.2, 0) is 11.2 Å². The maximum atomic E-state index is 11.2. The minimum Gasteiger partial charge on any atom is -0.322 e. The van der Waals surface area contributed by atoms with Crippen LogP contribution in [0.2, 0.25) is 0 Å². The lowest BCUT2D eigenvalue weighted by Gasteiger charge is -2.00. The zero-order valence-corrected chi connectivity index (χ0v) is 9.11. The number of hydrogen-bond acceptors (Lipinski definition) is 3. The van der Waals surface area contributed by atoms with Crippen LogP contribution < -0.4 is 5.73 Å². The van der Waals surface area contributed by atoms with E-state index in [9.17, 15) is 4.79 Å². The lowest BCUT2D eigenvalue weighted by molar-refractivity contribution is -0.119. The lowest BCUT2D eigenvalue weighted by Crippen LogP contribution is -2.27. The molecule has 4 heteroatoms.